The first kappa shape index (κ1) is 26.1. The van der Waals surface area contributed by atoms with Crippen molar-refractivity contribution in [3.05, 3.63) is 89.3 Å². The van der Waals surface area contributed by atoms with Crippen molar-refractivity contribution in [2.75, 3.05) is 0 Å². The lowest BCUT2D eigenvalue weighted by Crippen LogP contribution is -2.14. The summed E-state index contributed by atoms with van der Waals surface area (Å²) in [6, 6.07) is 23.8. The zero-order valence-electron chi connectivity index (χ0n) is 22.7. The van der Waals surface area contributed by atoms with Gasteiger partial charge in [0.15, 0.2) is 0 Å². The smallest absolute Gasteiger partial charge is 0.335 e. The number of aromatic amines is 1. The van der Waals surface area contributed by atoms with Gasteiger partial charge in [-0.15, -0.1) is 21.5 Å². The van der Waals surface area contributed by atoms with Gasteiger partial charge in [0.1, 0.15) is 18.2 Å². The second-order valence-electron chi connectivity index (χ2n) is 10.5. The van der Waals surface area contributed by atoms with Gasteiger partial charge in [0.25, 0.3) is 0 Å². The lowest BCUT2D eigenvalue weighted by Gasteiger charge is -2.25. The van der Waals surface area contributed by atoms with Gasteiger partial charge in [-0.25, -0.2) is 9.78 Å². The number of hydrogen-bond donors (Lipinski definition) is 2. The summed E-state index contributed by atoms with van der Waals surface area (Å²) in [5.74, 6) is 1.23. The molecule has 0 spiro atoms. The highest BCUT2D eigenvalue weighted by atomic mass is 32.1. The van der Waals surface area contributed by atoms with E-state index in [9.17, 15) is 9.90 Å². The van der Waals surface area contributed by atoms with E-state index in [4.69, 9.17) is 9.72 Å². The number of imidazole rings is 1. The Balaban J connectivity index is 1.19. The molecule has 0 atom stereocenters. The number of carboxylic acid groups (broad SMARTS) is 1. The molecule has 1 fully saturated rings. The Hall–Kier alpha value is -4.83. The minimum atomic E-state index is -0.955. The summed E-state index contributed by atoms with van der Waals surface area (Å²) >= 11 is 1.62. The Morgan fingerprint density at radius 2 is 1.83 bits per heavy atom. The fourth-order valence-electron chi connectivity index (χ4n) is 5.81. The molecular weight excluding hydrogens is 548 g/mol. The number of nitrogens with one attached hydrogen (secondary N) is 1. The lowest BCUT2D eigenvalue weighted by molar-refractivity contribution is 0.0696. The van der Waals surface area contributed by atoms with Crippen LogP contribution in [0.1, 0.15) is 54.1 Å². The van der Waals surface area contributed by atoms with Crippen LogP contribution in [-0.2, 0) is 6.61 Å². The van der Waals surface area contributed by atoms with Gasteiger partial charge in [-0.05, 0) is 95.2 Å². The highest BCUT2D eigenvalue weighted by molar-refractivity contribution is 7.13. The third-order valence-electron chi connectivity index (χ3n) is 7.88. The molecule has 0 aliphatic heterocycles. The number of aromatic carboxylic acids is 1. The third-order valence-corrected chi connectivity index (χ3v) is 8.78. The topological polar surface area (TPSA) is 119 Å². The zero-order chi connectivity index (χ0) is 28.5. The van der Waals surface area contributed by atoms with Gasteiger partial charge < -0.3 is 14.4 Å². The van der Waals surface area contributed by atoms with E-state index in [-0.39, 0.29) is 12.2 Å². The Labute approximate surface area is 245 Å². The van der Waals surface area contributed by atoms with Crippen molar-refractivity contribution in [1.82, 2.24) is 30.2 Å². The molecule has 7 rings (SSSR count). The number of benzene rings is 3. The fourth-order valence-corrected chi connectivity index (χ4v) is 6.60. The first-order chi connectivity index (χ1) is 20.6. The number of carboxylic acids is 1. The Bertz CT molecular complexity index is 1840. The molecule has 0 saturated heterocycles. The summed E-state index contributed by atoms with van der Waals surface area (Å²) in [5, 5.41) is 26.0. The molecule has 6 aromatic rings. The molecule has 3 aromatic heterocycles. The molecule has 42 heavy (non-hydrogen) atoms. The van der Waals surface area contributed by atoms with Gasteiger partial charge in [0, 0.05) is 22.0 Å². The number of rotatable bonds is 8. The molecule has 1 aliphatic carbocycles. The van der Waals surface area contributed by atoms with E-state index in [0.29, 0.717) is 17.6 Å². The van der Waals surface area contributed by atoms with Crippen LogP contribution in [0.4, 0.5) is 0 Å². The second-order valence-corrected chi connectivity index (χ2v) is 11.5. The SMILES string of the molecule is O=C(O)c1ccc(-c2cccs2)c(COc2ccc(-c3nc4cc(-c5nn[nH]n5)ccc4n3C3CCCCC3)cc2)c1. The summed E-state index contributed by atoms with van der Waals surface area (Å²) in [6.45, 7) is 0.257. The number of carbonyl (C=O) groups is 1. The third kappa shape index (κ3) is 5.05. The maximum Gasteiger partial charge on any atom is 0.335 e. The monoisotopic (exact) mass is 576 g/mol. The van der Waals surface area contributed by atoms with E-state index < -0.39 is 5.97 Å². The predicted octanol–water partition coefficient (Wildman–Crippen LogP) is 7.39. The number of aromatic nitrogens is 6. The van der Waals surface area contributed by atoms with E-state index >= 15 is 0 Å². The van der Waals surface area contributed by atoms with Crippen LogP contribution in [-0.4, -0.2) is 41.3 Å². The van der Waals surface area contributed by atoms with Gasteiger partial charge >= 0.3 is 5.97 Å². The van der Waals surface area contributed by atoms with Gasteiger partial charge in [-0.1, -0.05) is 31.4 Å². The average molecular weight is 577 g/mol. The summed E-state index contributed by atoms with van der Waals surface area (Å²) < 4.78 is 8.58. The highest BCUT2D eigenvalue weighted by Crippen LogP contribution is 2.37. The van der Waals surface area contributed by atoms with Crippen molar-refractivity contribution in [2.24, 2.45) is 0 Å². The number of fused-ring (bicyclic) bond motifs is 1. The molecule has 2 N–H and O–H groups in total. The average Bonchev–Trinajstić information content (AvgIpc) is 3.82. The number of ether oxygens (including phenoxy) is 1. The molecule has 10 heteroatoms. The number of tetrazole rings is 1. The van der Waals surface area contributed by atoms with E-state index in [1.54, 1.807) is 23.5 Å². The van der Waals surface area contributed by atoms with Crippen LogP contribution in [0.3, 0.4) is 0 Å². The summed E-state index contributed by atoms with van der Waals surface area (Å²) in [4.78, 5) is 17.8. The van der Waals surface area contributed by atoms with Crippen LogP contribution in [0.5, 0.6) is 5.75 Å². The van der Waals surface area contributed by atoms with Crippen molar-refractivity contribution in [1.29, 1.82) is 0 Å². The minimum Gasteiger partial charge on any atom is -0.489 e. The van der Waals surface area contributed by atoms with E-state index in [1.165, 1.54) is 19.3 Å². The molecule has 1 saturated carbocycles. The molecule has 0 bridgehead atoms. The summed E-state index contributed by atoms with van der Waals surface area (Å²) in [6.07, 6.45) is 5.97. The minimum absolute atomic E-state index is 0.244. The van der Waals surface area contributed by atoms with Crippen molar-refractivity contribution >= 4 is 28.3 Å². The first-order valence-electron chi connectivity index (χ1n) is 14.0. The van der Waals surface area contributed by atoms with Gasteiger partial charge in [0.05, 0.1) is 16.6 Å². The molecule has 0 radical (unpaired) electrons. The van der Waals surface area contributed by atoms with Crippen LogP contribution < -0.4 is 4.74 Å². The van der Waals surface area contributed by atoms with E-state index in [1.807, 2.05) is 60.0 Å². The Morgan fingerprint density at radius 1 is 1.00 bits per heavy atom. The van der Waals surface area contributed by atoms with Crippen molar-refractivity contribution in [3.8, 4) is 39.0 Å². The molecule has 0 unspecified atom stereocenters. The van der Waals surface area contributed by atoms with Crippen molar-refractivity contribution in [3.63, 3.8) is 0 Å². The van der Waals surface area contributed by atoms with Crippen LogP contribution >= 0.6 is 11.3 Å². The fraction of sp³-hybridized carbons (Fsp3) is 0.219. The molecule has 3 aromatic carbocycles. The number of nitrogens with zero attached hydrogens (tertiary/aromatic N) is 5. The Kier molecular flexibility index (Phi) is 6.97. The normalized spacial score (nSPS) is 13.9. The Morgan fingerprint density at radius 3 is 2.57 bits per heavy atom. The van der Waals surface area contributed by atoms with E-state index in [2.05, 4.69) is 31.3 Å². The molecule has 0 amide bonds. The maximum atomic E-state index is 11.6. The molecule has 3 heterocycles. The largest absolute Gasteiger partial charge is 0.489 e. The lowest BCUT2D eigenvalue weighted by atomic mass is 9.95. The number of thiophene rings is 1. The van der Waals surface area contributed by atoms with Gasteiger partial charge in [-0.2, -0.15) is 5.21 Å². The van der Waals surface area contributed by atoms with Crippen LogP contribution in [0.2, 0.25) is 0 Å². The van der Waals surface area contributed by atoms with Gasteiger partial charge in [0.2, 0.25) is 5.82 Å². The summed E-state index contributed by atoms with van der Waals surface area (Å²) in [7, 11) is 0. The molecular formula is C32H28N6O3S. The standard InChI is InChI=1S/C32H28N6O3S/c39-32(40)22-10-14-26(29-7-4-16-42-29)23(17-22)19-41-25-12-8-20(9-13-25)31-33-27-18-21(30-34-36-37-35-30)11-15-28(27)38(31)24-5-2-1-3-6-24/h4,7-18,24H,1-3,5-6,19H2,(H,39,40)(H,34,35,36,37). The highest BCUT2D eigenvalue weighted by Gasteiger charge is 2.23. The van der Waals surface area contributed by atoms with E-state index in [0.717, 1.165) is 56.8 Å². The first-order valence-corrected chi connectivity index (χ1v) is 14.9. The van der Waals surface area contributed by atoms with Crippen LogP contribution in [0.15, 0.2) is 78.2 Å². The maximum absolute atomic E-state index is 11.6. The van der Waals surface area contributed by atoms with Crippen molar-refractivity contribution < 1.29 is 14.6 Å². The quantitative estimate of drug-likeness (QED) is 0.194. The van der Waals surface area contributed by atoms with Gasteiger partial charge in [-0.3, -0.25) is 0 Å². The number of H-pyrrole nitrogens is 1. The predicted molar refractivity (Wildman–Crippen MR) is 162 cm³/mol. The molecule has 210 valence electrons. The summed E-state index contributed by atoms with van der Waals surface area (Å²) in [5.41, 5.74) is 5.94. The van der Waals surface area contributed by atoms with Crippen LogP contribution in [0.25, 0.3) is 44.2 Å². The number of hydrogen-bond acceptors (Lipinski definition) is 7. The van der Waals surface area contributed by atoms with Crippen molar-refractivity contribution in [2.45, 2.75) is 44.8 Å². The molecule has 1 aliphatic rings. The molecule has 9 nitrogen and oxygen atoms in total. The zero-order valence-corrected chi connectivity index (χ0v) is 23.6. The second kappa shape index (κ2) is 11.2. The van der Waals surface area contributed by atoms with Crippen LogP contribution in [0, 0.1) is 0 Å².